The summed E-state index contributed by atoms with van der Waals surface area (Å²) in [7, 11) is 0. The Morgan fingerprint density at radius 2 is 1.17 bits per heavy atom. The zero-order chi connectivity index (χ0) is 15.1. The number of rotatable bonds is 0. The Kier molecular flexibility index (Phi) is 156. The van der Waals surface area contributed by atoms with Gasteiger partial charge >= 0.3 is 56.5 Å². The molecule has 0 aliphatic rings. The van der Waals surface area contributed by atoms with E-state index in [1.807, 2.05) is 25.3 Å². The molecule has 0 saturated heterocycles. The molecule has 7 heteroatoms. The zero-order valence-electron chi connectivity index (χ0n) is 9.21. The molecule has 92 valence electrons. The van der Waals surface area contributed by atoms with Crippen molar-refractivity contribution in [3.05, 3.63) is 63.3 Å². The monoisotopic (exact) mass is 285 g/mol. The molecule has 0 N–H and O–H groups in total. The van der Waals surface area contributed by atoms with Gasteiger partial charge in [-0.2, -0.15) is 0 Å². The van der Waals surface area contributed by atoms with E-state index in [0.29, 0.717) is 0 Å². The van der Waals surface area contributed by atoms with Gasteiger partial charge in [0.05, 0.1) is 0 Å². The molecule has 0 aliphatic heterocycles. The van der Waals surface area contributed by atoms with Crippen molar-refractivity contribution in [3.63, 3.8) is 0 Å². The molecule has 1 heterocycles. The van der Waals surface area contributed by atoms with Gasteiger partial charge < -0.3 is 0 Å². The van der Waals surface area contributed by atoms with Crippen LogP contribution in [0.3, 0.4) is 0 Å². The van der Waals surface area contributed by atoms with Crippen LogP contribution in [0.4, 0.5) is 0 Å². The summed E-state index contributed by atoms with van der Waals surface area (Å²) in [6.07, 6.45) is 3.60. The SMILES string of the molecule is Cc1cccnc1.[C-]#[O+].[C-]#[O+].[C-]#[O+].[C-]#[O+].[C-]#[O+].[Cr]. The van der Waals surface area contributed by atoms with Gasteiger partial charge in [-0.15, -0.1) is 0 Å². The third-order valence-corrected chi connectivity index (χ3v) is 0.809. The first kappa shape index (κ1) is 36.0. The minimum absolute atomic E-state index is 0. The third kappa shape index (κ3) is 63.2. The molecule has 0 saturated carbocycles. The molecule has 0 unspecified atom stereocenters. The first-order valence-electron chi connectivity index (χ1n) is 3.28. The van der Waals surface area contributed by atoms with Gasteiger partial charge in [0.25, 0.3) is 0 Å². The minimum Gasteiger partial charge on any atom is 0 e. The molecule has 0 spiro atoms. The maximum atomic E-state index is 7.50. The van der Waals surface area contributed by atoms with Crippen molar-refractivity contribution < 1.29 is 40.6 Å². The first-order chi connectivity index (χ1) is 8.39. The van der Waals surface area contributed by atoms with Crippen molar-refractivity contribution in [2.75, 3.05) is 0 Å². The maximum Gasteiger partial charge on any atom is 0 e. The van der Waals surface area contributed by atoms with Gasteiger partial charge in [-0.05, 0) is 18.6 Å². The van der Waals surface area contributed by atoms with Gasteiger partial charge in [0.1, 0.15) is 0 Å². The minimum atomic E-state index is 0. The van der Waals surface area contributed by atoms with Crippen LogP contribution in [0, 0.1) is 40.2 Å². The number of aromatic nitrogens is 1. The van der Waals surface area contributed by atoms with Crippen molar-refractivity contribution in [2.24, 2.45) is 0 Å². The number of hydrogen-bond donors (Lipinski definition) is 0. The Morgan fingerprint density at radius 1 is 0.833 bits per heavy atom. The Hall–Kier alpha value is -1.62. The van der Waals surface area contributed by atoms with E-state index in [-0.39, 0.29) is 17.4 Å². The van der Waals surface area contributed by atoms with Crippen LogP contribution in [0.25, 0.3) is 0 Å². The van der Waals surface area contributed by atoms with Crippen LogP contribution in [0.5, 0.6) is 0 Å². The normalized spacial score (nSPS) is 3.94. The summed E-state index contributed by atoms with van der Waals surface area (Å²) in [5.74, 6) is 0. The summed E-state index contributed by atoms with van der Waals surface area (Å²) in [5, 5.41) is 0. The molecule has 0 amide bonds. The molecule has 0 fully saturated rings. The van der Waals surface area contributed by atoms with Crippen molar-refractivity contribution in [3.8, 4) is 0 Å². The molecule has 0 atom stereocenters. The van der Waals surface area contributed by atoms with E-state index in [2.05, 4.69) is 38.2 Å². The molecule has 0 aliphatic carbocycles. The van der Waals surface area contributed by atoms with Gasteiger partial charge in [0.2, 0.25) is 0 Å². The second-order valence-corrected chi connectivity index (χ2v) is 1.53. The summed E-state index contributed by atoms with van der Waals surface area (Å²) in [6, 6.07) is 3.95. The maximum absolute atomic E-state index is 7.50. The number of hydrogen-bond acceptors (Lipinski definition) is 1. The quantitative estimate of drug-likeness (QED) is 0.517. The average Bonchev–Trinajstić information content (AvgIpc) is 2.50. The summed E-state index contributed by atoms with van der Waals surface area (Å²) < 4.78 is 37.5. The molecular formula is C11H7CrNO5. The molecule has 0 radical (unpaired) electrons. The van der Waals surface area contributed by atoms with Crippen molar-refractivity contribution in [1.82, 2.24) is 4.98 Å². The molecule has 6 nitrogen and oxygen atoms in total. The van der Waals surface area contributed by atoms with Crippen molar-refractivity contribution in [2.45, 2.75) is 6.92 Å². The number of pyridine rings is 1. The van der Waals surface area contributed by atoms with Gasteiger partial charge in [0, 0.05) is 29.8 Å². The van der Waals surface area contributed by atoms with Gasteiger partial charge in [-0.25, -0.2) is 0 Å². The van der Waals surface area contributed by atoms with E-state index in [1.54, 1.807) is 6.20 Å². The predicted molar refractivity (Wildman–Crippen MR) is 48.6 cm³/mol. The van der Waals surface area contributed by atoms with Gasteiger partial charge in [-0.1, -0.05) is 6.07 Å². The van der Waals surface area contributed by atoms with Crippen LogP contribution in [0.2, 0.25) is 0 Å². The van der Waals surface area contributed by atoms with Crippen LogP contribution < -0.4 is 0 Å². The van der Waals surface area contributed by atoms with Crippen molar-refractivity contribution >= 4 is 0 Å². The van der Waals surface area contributed by atoms with E-state index >= 15 is 0 Å². The topological polar surface area (TPSA) is 112 Å². The second-order valence-electron chi connectivity index (χ2n) is 1.53. The van der Waals surface area contributed by atoms with Gasteiger partial charge in [0.15, 0.2) is 0 Å². The van der Waals surface area contributed by atoms with E-state index < -0.39 is 0 Å². The summed E-state index contributed by atoms with van der Waals surface area (Å²) in [6.45, 7) is 24.5. The fourth-order valence-electron chi connectivity index (χ4n) is 0.448. The first-order valence-corrected chi connectivity index (χ1v) is 3.28. The average molecular weight is 285 g/mol. The molecule has 1 rings (SSSR count). The van der Waals surface area contributed by atoms with Crippen LogP contribution in [0.1, 0.15) is 5.56 Å². The van der Waals surface area contributed by atoms with E-state index in [1.165, 1.54) is 5.56 Å². The number of aryl methyl sites for hydroxylation is 1. The number of nitrogens with zero attached hydrogens (tertiary/aromatic N) is 1. The fraction of sp³-hybridized carbons (Fsp3) is 0.0909. The van der Waals surface area contributed by atoms with Crippen LogP contribution >= 0.6 is 0 Å². The van der Waals surface area contributed by atoms with Gasteiger partial charge in [-0.3, -0.25) is 4.98 Å². The van der Waals surface area contributed by atoms with Crippen LogP contribution in [-0.4, -0.2) is 4.98 Å². The Labute approximate surface area is 116 Å². The summed E-state index contributed by atoms with van der Waals surface area (Å²) in [5.41, 5.74) is 1.21. The molecule has 1 aromatic rings. The Bertz CT molecular complexity index is 281. The van der Waals surface area contributed by atoms with Crippen LogP contribution in [0.15, 0.2) is 24.5 Å². The van der Waals surface area contributed by atoms with Crippen molar-refractivity contribution in [1.29, 1.82) is 0 Å². The smallest absolute Gasteiger partial charge is 0 e. The Balaban J connectivity index is -0.0000000285. The van der Waals surface area contributed by atoms with E-state index in [4.69, 9.17) is 23.3 Å². The van der Waals surface area contributed by atoms with E-state index in [0.717, 1.165) is 0 Å². The standard InChI is InChI=1S/C6H7N.5CO.Cr/c1-6-3-2-4-7-5-6;5*1-2;/h2-5H,1H3;;;;;;. The predicted octanol–water partition coefficient (Wildman–Crippen LogP) is 1.20. The molecule has 0 aromatic carbocycles. The van der Waals surface area contributed by atoms with Crippen LogP contribution in [-0.2, 0) is 40.6 Å². The molecule has 18 heavy (non-hydrogen) atoms. The zero-order valence-corrected chi connectivity index (χ0v) is 10.5. The molecular weight excluding hydrogens is 278 g/mol. The third-order valence-electron chi connectivity index (χ3n) is 0.809. The summed E-state index contributed by atoms with van der Waals surface area (Å²) in [4.78, 5) is 3.88. The largest absolute Gasteiger partial charge is 0 e. The fourth-order valence-corrected chi connectivity index (χ4v) is 0.448. The van der Waals surface area contributed by atoms with E-state index in [9.17, 15) is 0 Å². The molecule has 0 bridgehead atoms. The molecule has 1 aromatic heterocycles. The second kappa shape index (κ2) is 78.1. The summed E-state index contributed by atoms with van der Waals surface area (Å²) >= 11 is 0. The Morgan fingerprint density at radius 3 is 1.28 bits per heavy atom.